The first kappa shape index (κ1) is 8.33. The van der Waals surface area contributed by atoms with E-state index in [1.165, 1.54) is 12.8 Å². The summed E-state index contributed by atoms with van der Waals surface area (Å²) in [5.41, 5.74) is 0.682. The first-order valence-corrected chi connectivity index (χ1v) is 5.92. The summed E-state index contributed by atoms with van der Waals surface area (Å²) in [4.78, 5) is 0. The molecule has 3 aliphatic carbocycles. The van der Waals surface area contributed by atoms with E-state index in [1.807, 2.05) is 0 Å². The zero-order valence-corrected chi connectivity index (χ0v) is 9.76. The second-order valence-corrected chi connectivity index (χ2v) is 6.57. The number of halogens is 1. The molecule has 0 nitrogen and oxygen atoms in total. The minimum Gasteiger partial charge on any atom is -0.0823 e. The largest absolute Gasteiger partial charge is 0.0823 e. The maximum absolute atomic E-state index is 2.65. The average Bonchev–Trinajstić information content (AvgIpc) is 1.93. The Morgan fingerprint density at radius 1 is 1.27 bits per heavy atom. The zero-order chi connectivity index (χ0) is 8.22. The summed E-state index contributed by atoms with van der Waals surface area (Å²) in [5.74, 6) is 3.05. The van der Waals surface area contributed by atoms with Crippen molar-refractivity contribution in [1.82, 2.24) is 0 Å². The summed E-state index contributed by atoms with van der Waals surface area (Å²) in [6.45, 7) is 7.37. The highest BCUT2D eigenvalue weighted by Crippen LogP contribution is 2.62. The summed E-state index contributed by atoms with van der Waals surface area (Å²) in [5, 5.41) is 0. The molecule has 4 unspecified atom stereocenters. The van der Waals surface area contributed by atoms with Gasteiger partial charge in [-0.1, -0.05) is 43.4 Å². The summed E-state index contributed by atoms with van der Waals surface area (Å²) >= 11 is 2.65. The molecule has 0 amide bonds. The minimum absolute atomic E-state index is 0.682. The smallest absolute Gasteiger partial charge is 0.0141 e. The van der Waals surface area contributed by atoms with Crippen molar-refractivity contribution in [2.45, 2.75) is 37.5 Å². The van der Waals surface area contributed by atoms with Gasteiger partial charge in [-0.3, -0.25) is 0 Å². The molecule has 0 aromatic carbocycles. The van der Waals surface area contributed by atoms with Gasteiger partial charge in [-0.15, -0.1) is 0 Å². The summed E-state index contributed by atoms with van der Waals surface area (Å²) in [7, 11) is 0. The third-order valence-electron chi connectivity index (χ3n) is 4.26. The Labute approximate surface area is 83.3 Å². The van der Waals surface area contributed by atoms with Crippen LogP contribution < -0.4 is 0 Å². The molecule has 0 N–H and O–H groups in total. The Bertz CT molecular complexity index is 174. The molecule has 64 valence electrons. The van der Waals surface area contributed by atoms with Gasteiger partial charge in [0.25, 0.3) is 0 Å². The lowest BCUT2D eigenvalue weighted by atomic mass is 9.46. The number of fused-ring (bicyclic) bond motifs is 2. The average molecular weight is 264 g/mol. The summed E-state index contributed by atoms with van der Waals surface area (Å²) in [6.07, 6.45) is 3.00. The minimum atomic E-state index is 0.682. The third kappa shape index (κ3) is 0.991. The Morgan fingerprint density at radius 2 is 1.91 bits per heavy atom. The van der Waals surface area contributed by atoms with Crippen LogP contribution >= 0.6 is 22.6 Å². The fraction of sp³-hybridized carbons (Fsp3) is 1.00. The van der Waals surface area contributed by atoms with Crippen molar-refractivity contribution in [3.05, 3.63) is 0 Å². The van der Waals surface area contributed by atoms with Crippen LogP contribution in [0.25, 0.3) is 0 Å². The number of alkyl halides is 1. The Morgan fingerprint density at radius 3 is 2.27 bits per heavy atom. The van der Waals surface area contributed by atoms with Gasteiger partial charge in [0.05, 0.1) is 0 Å². The Balaban J connectivity index is 2.17. The van der Waals surface area contributed by atoms with Gasteiger partial charge in [-0.05, 0) is 36.0 Å². The van der Waals surface area contributed by atoms with E-state index in [2.05, 4.69) is 43.4 Å². The van der Waals surface area contributed by atoms with Crippen LogP contribution in [0.15, 0.2) is 0 Å². The van der Waals surface area contributed by atoms with Gasteiger partial charge in [0.1, 0.15) is 0 Å². The molecule has 0 saturated heterocycles. The van der Waals surface area contributed by atoms with Crippen molar-refractivity contribution in [2.24, 2.45) is 23.2 Å². The molecule has 3 aliphatic rings. The molecule has 3 rings (SSSR count). The standard InChI is InChI=1S/C10H17I/c1-6-8-4-7(5-9(6)11)10(8,2)3/h6-9H,4-5H2,1-3H3. The highest BCUT2D eigenvalue weighted by molar-refractivity contribution is 14.1. The normalized spacial score (nSPS) is 53.5. The summed E-state index contributed by atoms with van der Waals surface area (Å²) < 4.78 is 0.962. The van der Waals surface area contributed by atoms with E-state index in [0.29, 0.717) is 5.41 Å². The molecule has 0 spiro atoms. The van der Waals surface area contributed by atoms with Crippen LogP contribution in [-0.4, -0.2) is 3.92 Å². The van der Waals surface area contributed by atoms with Crippen LogP contribution in [0.3, 0.4) is 0 Å². The molecule has 1 heteroatoms. The predicted molar refractivity (Wildman–Crippen MR) is 57.0 cm³/mol. The fourth-order valence-electron chi connectivity index (χ4n) is 3.09. The lowest BCUT2D eigenvalue weighted by Gasteiger charge is -2.61. The van der Waals surface area contributed by atoms with E-state index >= 15 is 0 Å². The van der Waals surface area contributed by atoms with E-state index in [0.717, 1.165) is 21.7 Å². The Kier molecular flexibility index (Phi) is 1.79. The van der Waals surface area contributed by atoms with Crippen LogP contribution in [0.4, 0.5) is 0 Å². The maximum atomic E-state index is 2.65. The third-order valence-corrected chi connectivity index (χ3v) is 5.90. The second-order valence-electron chi connectivity index (χ2n) is 4.97. The van der Waals surface area contributed by atoms with Crippen molar-refractivity contribution >= 4 is 22.6 Å². The fourth-order valence-corrected chi connectivity index (χ4v) is 4.20. The van der Waals surface area contributed by atoms with E-state index in [4.69, 9.17) is 0 Å². The SMILES string of the molecule is CC1C(I)CC2CC1C2(C)C. The Hall–Kier alpha value is 0.730. The lowest BCUT2D eigenvalue weighted by molar-refractivity contribution is -0.0924. The van der Waals surface area contributed by atoms with Crippen molar-refractivity contribution in [2.75, 3.05) is 0 Å². The molecule has 0 aromatic heterocycles. The van der Waals surface area contributed by atoms with Crippen LogP contribution in [0.2, 0.25) is 0 Å². The van der Waals surface area contributed by atoms with Crippen molar-refractivity contribution < 1.29 is 0 Å². The van der Waals surface area contributed by atoms with Gasteiger partial charge in [0.2, 0.25) is 0 Å². The van der Waals surface area contributed by atoms with Gasteiger partial charge < -0.3 is 0 Å². The van der Waals surface area contributed by atoms with Crippen LogP contribution in [0.1, 0.15) is 33.6 Å². The molecule has 4 atom stereocenters. The van der Waals surface area contributed by atoms with Crippen LogP contribution in [0, 0.1) is 23.2 Å². The predicted octanol–water partition coefficient (Wildman–Crippen LogP) is 3.49. The van der Waals surface area contributed by atoms with E-state index < -0.39 is 0 Å². The van der Waals surface area contributed by atoms with Crippen molar-refractivity contribution in [1.29, 1.82) is 0 Å². The second kappa shape index (κ2) is 2.36. The molecule has 11 heavy (non-hydrogen) atoms. The topological polar surface area (TPSA) is 0 Å². The summed E-state index contributed by atoms with van der Waals surface area (Å²) in [6, 6.07) is 0. The van der Waals surface area contributed by atoms with E-state index in [-0.39, 0.29) is 0 Å². The molecule has 0 aliphatic heterocycles. The molecule has 3 fully saturated rings. The monoisotopic (exact) mass is 264 g/mol. The van der Waals surface area contributed by atoms with E-state index in [1.54, 1.807) is 0 Å². The first-order valence-electron chi connectivity index (χ1n) is 4.67. The molecule has 0 heterocycles. The van der Waals surface area contributed by atoms with Gasteiger partial charge >= 0.3 is 0 Å². The van der Waals surface area contributed by atoms with Crippen molar-refractivity contribution in [3.8, 4) is 0 Å². The van der Waals surface area contributed by atoms with Gasteiger partial charge in [-0.25, -0.2) is 0 Å². The number of rotatable bonds is 0. The molecule has 2 bridgehead atoms. The van der Waals surface area contributed by atoms with Gasteiger partial charge in [0.15, 0.2) is 0 Å². The molecular weight excluding hydrogens is 247 g/mol. The highest BCUT2D eigenvalue weighted by atomic mass is 127. The molecular formula is C10H17I. The van der Waals surface area contributed by atoms with Crippen LogP contribution in [-0.2, 0) is 0 Å². The maximum Gasteiger partial charge on any atom is 0.0141 e. The molecule has 3 saturated carbocycles. The van der Waals surface area contributed by atoms with Gasteiger partial charge in [0, 0.05) is 3.92 Å². The quantitative estimate of drug-likeness (QED) is 0.464. The lowest BCUT2D eigenvalue weighted by Crippen LogP contribution is -2.55. The number of hydrogen-bond acceptors (Lipinski definition) is 0. The first-order chi connectivity index (χ1) is 5.03. The molecule has 0 aromatic rings. The van der Waals surface area contributed by atoms with Crippen molar-refractivity contribution in [3.63, 3.8) is 0 Å². The number of hydrogen-bond donors (Lipinski definition) is 0. The van der Waals surface area contributed by atoms with E-state index in [9.17, 15) is 0 Å². The molecule has 0 radical (unpaired) electrons. The highest BCUT2D eigenvalue weighted by Gasteiger charge is 2.55. The zero-order valence-electron chi connectivity index (χ0n) is 7.60. The van der Waals surface area contributed by atoms with Crippen LogP contribution in [0.5, 0.6) is 0 Å². The van der Waals surface area contributed by atoms with Gasteiger partial charge in [-0.2, -0.15) is 0 Å².